The molecule has 150 valence electrons. The molecule has 3 aromatic rings. The predicted octanol–water partition coefficient (Wildman–Crippen LogP) is 4.33. The van der Waals surface area contributed by atoms with Crippen LogP contribution in [0.2, 0.25) is 0 Å². The van der Waals surface area contributed by atoms with E-state index in [4.69, 9.17) is 4.74 Å². The molecule has 0 fully saturated rings. The third-order valence-electron chi connectivity index (χ3n) is 4.51. The first-order chi connectivity index (χ1) is 14.0. The molecule has 0 saturated heterocycles. The van der Waals surface area contributed by atoms with Crippen LogP contribution in [0.4, 0.5) is 5.69 Å². The first-order valence-electron chi connectivity index (χ1n) is 9.32. The van der Waals surface area contributed by atoms with Gasteiger partial charge in [-0.2, -0.15) is 5.10 Å². The molecule has 0 aliphatic rings. The maximum atomic E-state index is 12.4. The summed E-state index contributed by atoms with van der Waals surface area (Å²) < 4.78 is 5.61. The lowest BCUT2D eigenvalue weighted by Gasteiger charge is -2.04. The fraction of sp³-hybridized carbons (Fsp3) is 0.238. The van der Waals surface area contributed by atoms with Crippen LogP contribution in [0.25, 0.3) is 10.9 Å². The van der Waals surface area contributed by atoms with E-state index < -0.39 is 10.8 Å². The molecule has 2 aromatic carbocycles. The van der Waals surface area contributed by atoms with Crippen molar-refractivity contribution in [2.24, 2.45) is 5.10 Å². The van der Waals surface area contributed by atoms with Crippen molar-refractivity contribution in [3.05, 3.63) is 69.4 Å². The number of nitrogens with one attached hydrogen (secondary N) is 2. The number of nitro benzene ring substituents is 1. The number of nitro groups is 1. The van der Waals surface area contributed by atoms with Crippen LogP contribution < -0.4 is 10.2 Å². The van der Waals surface area contributed by atoms with Crippen molar-refractivity contribution in [1.82, 2.24) is 10.4 Å². The molecule has 0 spiro atoms. The number of aromatic amines is 1. The van der Waals surface area contributed by atoms with E-state index in [-0.39, 0.29) is 5.69 Å². The van der Waals surface area contributed by atoms with Crippen molar-refractivity contribution in [2.45, 2.75) is 26.7 Å². The monoisotopic (exact) mass is 394 g/mol. The Balaban J connectivity index is 1.66. The van der Waals surface area contributed by atoms with Crippen molar-refractivity contribution in [2.75, 3.05) is 6.61 Å². The summed E-state index contributed by atoms with van der Waals surface area (Å²) in [5, 5.41) is 15.6. The molecule has 2 N–H and O–H groups in total. The zero-order valence-corrected chi connectivity index (χ0v) is 16.3. The van der Waals surface area contributed by atoms with Gasteiger partial charge in [0.25, 0.3) is 11.6 Å². The molecular formula is C21H22N4O4. The second-order valence-corrected chi connectivity index (χ2v) is 6.58. The Labute approximate surface area is 167 Å². The second kappa shape index (κ2) is 9.01. The molecule has 1 aromatic heterocycles. The molecule has 3 rings (SSSR count). The molecule has 8 heteroatoms. The number of unbranched alkanes of at least 4 members (excludes halogenated alkanes) is 1. The number of non-ortho nitro benzene ring substituents is 1. The summed E-state index contributed by atoms with van der Waals surface area (Å²) in [6, 6.07) is 11.8. The number of aromatic nitrogens is 1. The third kappa shape index (κ3) is 4.78. The molecule has 1 heterocycles. The van der Waals surface area contributed by atoms with Crippen LogP contribution >= 0.6 is 0 Å². The lowest BCUT2D eigenvalue weighted by molar-refractivity contribution is -0.384. The van der Waals surface area contributed by atoms with Crippen LogP contribution in [-0.2, 0) is 0 Å². The fourth-order valence-corrected chi connectivity index (χ4v) is 2.86. The number of amides is 1. The minimum atomic E-state index is -0.462. The Hall–Kier alpha value is -3.68. The van der Waals surface area contributed by atoms with Gasteiger partial charge in [0.15, 0.2) is 0 Å². The van der Waals surface area contributed by atoms with E-state index in [1.807, 2.05) is 24.3 Å². The maximum Gasteiger partial charge on any atom is 0.288 e. The van der Waals surface area contributed by atoms with Crippen molar-refractivity contribution in [1.29, 1.82) is 0 Å². The molecule has 0 aliphatic carbocycles. The van der Waals surface area contributed by atoms with Crippen molar-refractivity contribution in [3.8, 4) is 5.75 Å². The van der Waals surface area contributed by atoms with Crippen molar-refractivity contribution < 1.29 is 14.5 Å². The minimum Gasteiger partial charge on any atom is -0.494 e. The average molecular weight is 394 g/mol. The van der Waals surface area contributed by atoms with Gasteiger partial charge in [0.1, 0.15) is 11.4 Å². The topological polar surface area (TPSA) is 110 Å². The zero-order chi connectivity index (χ0) is 20.8. The Bertz CT molecular complexity index is 1050. The highest BCUT2D eigenvalue weighted by Crippen LogP contribution is 2.26. The number of hydrogen-bond acceptors (Lipinski definition) is 5. The Morgan fingerprint density at radius 3 is 2.72 bits per heavy atom. The highest BCUT2D eigenvalue weighted by molar-refractivity contribution is 6.01. The average Bonchev–Trinajstić information content (AvgIpc) is 3.05. The van der Waals surface area contributed by atoms with Crippen LogP contribution in [0.5, 0.6) is 5.75 Å². The van der Waals surface area contributed by atoms with Gasteiger partial charge in [-0.15, -0.1) is 0 Å². The maximum absolute atomic E-state index is 12.4. The van der Waals surface area contributed by atoms with E-state index >= 15 is 0 Å². The summed E-state index contributed by atoms with van der Waals surface area (Å²) >= 11 is 0. The van der Waals surface area contributed by atoms with Gasteiger partial charge in [0.05, 0.1) is 17.7 Å². The molecule has 0 atom stereocenters. The van der Waals surface area contributed by atoms with E-state index in [2.05, 4.69) is 22.4 Å². The molecule has 0 saturated carbocycles. The Kier molecular flexibility index (Phi) is 6.23. The second-order valence-electron chi connectivity index (χ2n) is 6.58. The predicted molar refractivity (Wildman–Crippen MR) is 112 cm³/mol. The molecule has 1 amide bonds. The molecule has 0 radical (unpaired) electrons. The fourth-order valence-electron chi connectivity index (χ4n) is 2.86. The normalized spacial score (nSPS) is 11.1. The number of hydrazone groups is 1. The van der Waals surface area contributed by atoms with E-state index in [9.17, 15) is 14.9 Å². The van der Waals surface area contributed by atoms with Gasteiger partial charge < -0.3 is 9.72 Å². The van der Waals surface area contributed by atoms with Gasteiger partial charge in [-0.05, 0) is 54.8 Å². The lowest BCUT2D eigenvalue weighted by Crippen LogP contribution is -2.18. The Morgan fingerprint density at radius 2 is 2.03 bits per heavy atom. The van der Waals surface area contributed by atoms with Gasteiger partial charge in [-0.25, -0.2) is 5.43 Å². The largest absolute Gasteiger partial charge is 0.494 e. The number of carbonyl (C=O) groups is 1. The smallest absolute Gasteiger partial charge is 0.288 e. The molecule has 0 aliphatic heterocycles. The molecule has 8 nitrogen and oxygen atoms in total. The summed E-state index contributed by atoms with van der Waals surface area (Å²) in [5.41, 5.74) is 4.87. The van der Waals surface area contributed by atoms with Crippen LogP contribution in [0, 0.1) is 17.0 Å². The minimum absolute atomic E-state index is 0.0216. The van der Waals surface area contributed by atoms with Gasteiger partial charge in [0, 0.05) is 23.0 Å². The quantitative estimate of drug-likeness (QED) is 0.256. The number of carbonyl (C=O) groups excluding carboxylic acids is 1. The number of aryl methyl sites for hydroxylation is 1. The summed E-state index contributed by atoms with van der Waals surface area (Å²) in [4.78, 5) is 25.9. The van der Waals surface area contributed by atoms with Gasteiger partial charge in [-0.3, -0.25) is 14.9 Å². The summed E-state index contributed by atoms with van der Waals surface area (Å²) in [6.07, 6.45) is 3.63. The van der Waals surface area contributed by atoms with E-state index in [1.54, 1.807) is 13.0 Å². The molecule has 0 unspecified atom stereocenters. The van der Waals surface area contributed by atoms with E-state index in [1.165, 1.54) is 18.3 Å². The van der Waals surface area contributed by atoms with Crippen molar-refractivity contribution in [3.63, 3.8) is 0 Å². The molecule has 29 heavy (non-hydrogen) atoms. The van der Waals surface area contributed by atoms with Crippen LogP contribution in [0.3, 0.4) is 0 Å². The first-order valence-corrected chi connectivity index (χ1v) is 9.32. The van der Waals surface area contributed by atoms with Gasteiger partial charge in [-0.1, -0.05) is 13.3 Å². The number of ether oxygens (including phenoxy) is 1. The highest BCUT2D eigenvalue weighted by atomic mass is 16.6. The first kappa shape index (κ1) is 20.1. The summed E-state index contributed by atoms with van der Waals surface area (Å²) in [6.45, 7) is 4.53. The van der Waals surface area contributed by atoms with E-state index in [0.29, 0.717) is 28.8 Å². The molecular weight excluding hydrogens is 372 g/mol. The third-order valence-corrected chi connectivity index (χ3v) is 4.51. The van der Waals surface area contributed by atoms with Crippen LogP contribution in [-0.4, -0.2) is 28.6 Å². The van der Waals surface area contributed by atoms with E-state index in [0.717, 1.165) is 24.2 Å². The zero-order valence-electron chi connectivity index (χ0n) is 16.3. The highest BCUT2D eigenvalue weighted by Gasteiger charge is 2.16. The summed E-state index contributed by atoms with van der Waals surface area (Å²) in [7, 11) is 0. The number of benzene rings is 2. The number of H-pyrrole nitrogens is 1. The molecule has 0 bridgehead atoms. The van der Waals surface area contributed by atoms with Crippen molar-refractivity contribution >= 4 is 28.7 Å². The standard InChI is InChI=1S/C21H22N4O4/c1-3-4-11-29-17-8-5-15(6-9-17)13-22-24-21(26)20-14(2)18-12-16(25(27)28)7-10-19(18)23-20/h5-10,12-13,23H,3-4,11H2,1-2H3,(H,24,26). The van der Waals surface area contributed by atoms with Gasteiger partial charge >= 0.3 is 0 Å². The number of nitrogens with zero attached hydrogens (tertiary/aromatic N) is 2. The van der Waals surface area contributed by atoms with Crippen LogP contribution in [0.1, 0.15) is 41.4 Å². The lowest BCUT2D eigenvalue weighted by atomic mass is 10.1. The Morgan fingerprint density at radius 1 is 1.28 bits per heavy atom. The number of hydrogen-bond donors (Lipinski definition) is 2. The number of rotatable bonds is 8. The van der Waals surface area contributed by atoms with Gasteiger partial charge in [0.2, 0.25) is 0 Å². The number of fused-ring (bicyclic) bond motifs is 1. The van der Waals surface area contributed by atoms with Crippen LogP contribution in [0.15, 0.2) is 47.6 Å². The SMILES string of the molecule is CCCCOc1ccc(C=NNC(=O)c2[nH]c3ccc([N+](=O)[O-])cc3c2C)cc1. The summed E-state index contributed by atoms with van der Waals surface area (Å²) in [5.74, 6) is 0.375.